The molecule has 2 fully saturated rings. The van der Waals surface area contributed by atoms with Crippen molar-refractivity contribution in [2.24, 2.45) is 0 Å². The lowest BCUT2D eigenvalue weighted by molar-refractivity contribution is -0.384. The van der Waals surface area contributed by atoms with Crippen LogP contribution in [0.2, 0.25) is 0 Å². The first kappa shape index (κ1) is 15.6. The predicted octanol–water partition coefficient (Wildman–Crippen LogP) is 3.11. The Bertz CT molecular complexity index is 844. The Labute approximate surface area is 144 Å². The van der Waals surface area contributed by atoms with Gasteiger partial charge in [0.15, 0.2) is 5.82 Å². The molecule has 1 aliphatic carbocycles. The Morgan fingerprint density at radius 3 is 2.64 bits per heavy atom. The second-order valence-electron chi connectivity index (χ2n) is 6.60. The van der Waals surface area contributed by atoms with Crippen molar-refractivity contribution in [2.75, 3.05) is 18.0 Å². The van der Waals surface area contributed by atoms with Crippen molar-refractivity contribution in [3.8, 4) is 6.07 Å². The van der Waals surface area contributed by atoms with Gasteiger partial charge in [-0.3, -0.25) is 10.1 Å². The molecule has 0 spiro atoms. The van der Waals surface area contributed by atoms with Gasteiger partial charge < -0.3 is 9.42 Å². The molecule has 0 radical (unpaired) electrons. The van der Waals surface area contributed by atoms with E-state index in [2.05, 4.69) is 10.1 Å². The number of hydrogen-bond acceptors (Lipinski definition) is 7. The maximum absolute atomic E-state index is 11.3. The smallest absolute Gasteiger partial charge is 0.293 e. The van der Waals surface area contributed by atoms with Crippen molar-refractivity contribution in [2.45, 2.75) is 37.5 Å². The highest BCUT2D eigenvalue weighted by Gasteiger charge is 2.32. The molecular formula is C17H17N5O3. The number of piperidine rings is 1. The van der Waals surface area contributed by atoms with Gasteiger partial charge in [0, 0.05) is 31.0 Å². The fraction of sp³-hybridized carbons (Fsp3) is 0.471. The van der Waals surface area contributed by atoms with E-state index in [9.17, 15) is 10.1 Å². The van der Waals surface area contributed by atoms with Crippen molar-refractivity contribution in [1.29, 1.82) is 5.26 Å². The van der Waals surface area contributed by atoms with E-state index in [0.29, 0.717) is 30.3 Å². The number of anilines is 1. The summed E-state index contributed by atoms with van der Waals surface area (Å²) < 4.78 is 5.33. The number of nitro benzene ring substituents is 1. The summed E-state index contributed by atoms with van der Waals surface area (Å²) in [6.07, 6.45) is 3.90. The lowest BCUT2D eigenvalue weighted by Crippen LogP contribution is -2.33. The van der Waals surface area contributed by atoms with Crippen molar-refractivity contribution >= 4 is 11.4 Å². The molecule has 1 aromatic heterocycles. The van der Waals surface area contributed by atoms with Gasteiger partial charge in [-0.25, -0.2) is 0 Å². The summed E-state index contributed by atoms with van der Waals surface area (Å²) in [6.45, 7) is 1.37. The monoisotopic (exact) mass is 339 g/mol. The number of rotatable bonds is 4. The van der Waals surface area contributed by atoms with E-state index >= 15 is 0 Å². The normalized spacial score (nSPS) is 18.1. The highest BCUT2D eigenvalue weighted by atomic mass is 16.6. The molecule has 0 amide bonds. The summed E-state index contributed by atoms with van der Waals surface area (Å²) in [4.78, 5) is 17.4. The Morgan fingerprint density at radius 1 is 1.24 bits per heavy atom. The average Bonchev–Trinajstić information content (AvgIpc) is 3.38. The van der Waals surface area contributed by atoms with Gasteiger partial charge in [0.05, 0.1) is 16.6 Å². The van der Waals surface area contributed by atoms with E-state index in [0.717, 1.165) is 37.4 Å². The number of nitrogens with zero attached hydrogens (tertiary/aromatic N) is 5. The molecule has 0 bridgehead atoms. The van der Waals surface area contributed by atoms with E-state index < -0.39 is 4.92 Å². The third kappa shape index (κ3) is 3.05. The summed E-state index contributed by atoms with van der Waals surface area (Å²) in [7, 11) is 0. The van der Waals surface area contributed by atoms with Crippen LogP contribution in [0.25, 0.3) is 0 Å². The molecule has 1 aliphatic heterocycles. The third-order valence-corrected chi connectivity index (χ3v) is 4.89. The molecule has 8 heteroatoms. The van der Waals surface area contributed by atoms with Crippen LogP contribution in [0.5, 0.6) is 0 Å². The van der Waals surface area contributed by atoms with Crippen molar-refractivity contribution < 1.29 is 9.45 Å². The molecule has 8 nitrogen and oxygen atoms in total. The zero-order valence-electron chi connectivity index (χ0n) is 13.6. The summed E-state index contributed by atoms with van der Waals surface area (Å²) in [5.41, 5.74) is 0.840. The van der Waals surface area contributed by atoms with E-state index in [1.54, 1.807) is 12.1 Å². The topological polar surface area (TPSA) is 109 Å². The minimum Gasteiger partial charge on any atom is -0.366 e. The van der Waals surface area contributed by atoms with Gasteiger partial charge >= 0.3 is 0 Å². The fourth-order valence-corrected chi connectivity index (χ4v) is 3.29. The van der Waals surface area contributed by atoms with Gasteiger partial charge in [-0.05, 0) is 37.8 Å². The van der Waals surface area contributed by atoms with Gasteiger partial charge in [-0.1, -0.05) is 5.16 Å². The predicted molar refractivity (Wildman–Crippen MR) is 88.3 cm³/mol. The van der Waals surface area contributed by atoms with Gasteiger partial charge in [0.1, 0.15) is 5.69 Å². The Morgan fingerprint density at radius 2 is 2.00 bits per heavy atom. The molecular weight excluding hydrogens is 322 g/mol. The van der Waals surface area contributed by atoms with Crippen molar-refractivity contribution in [3.05, 3.63) is 45.6 Å². The number of nitro groups is 1. The zero-order valence-corrected chi connectivity index (χ0v) is 13.6. The second kappa shape index (κ2) is 6.16. The first-order chi connectivity index (χ1) is 12.2. The van der Waals surface area contributed by atoms with Gasteiger partial charge in [-0.2, -0.15) is 10.2 Å². The lowest BCUT2D eigenvalue weighted by Gasteiger charge is -2.32. The molecule has 1 saturated heterocycles. The quantitative estimate of drug-likeness (QED) is 0.621. The minimum absolute atomic E-state index is 0.0203. The van der Waals surface area contributed by atoms with Crippen LogP contribution >= 0.6 is 0 Å². The number of nitriles is 1. The van der Waals surface area contributed by atoms with Crippen molar-refractivity contribution in [1.82, 2.24) is 10.1 Å². The molecule has 2 heterocycles. The van der Waals surface area contributed by atoms with Crippen LogP contribution in [0.3, 0.4) is 0 Å². The molecule has 25 heavy (non-hydrogen) atoms. The molecule has 1 aromatic carbocycles. The largest absolute Gasteiger partial charge is 0.366 e. The molecule has 2 aromatic rings. The summed E-state index contributed by atoms with van der Waals surface area (Å²) in [6, 6.07) is 6.57. The fourth-order valence-electron chi connectivity index (χ4n) is 3.29. The van der Waals surface area contributed by atoms with Crippen LogP contribution in [0.1, 0.15) is 54.8 Å². The molecule has 4 rings (SSSR count). The van der Waals surface area contributed by atoms with Crippen LogP contribution in [0.4, 0.5) is 11.4 Å². The van der Waals surface area contributed by atoms with E-state index in [1.807, 2.05) is 11.0 Å². The SMILES string of the molecule is N#Cc1ccc(N2CCC(c3noc(C4CC4)n3)CC2)c([N+](=O)[O-])c1. The van der Waals surface area contributed by atoms with Crippen molar-refractivity contribution in [3.63, 3.8) is 0 Å². The standard InChI is InChI=1S/C17H17N5O3/c18-10-11-1-4-14(15(9-11)22(23)24)21-7-5-12(6-8-21)16-19-17(25-20-16)13-2-3-13/h1,4,9,12-13H,2-3,5-8H2. The molecule has 0 N–H and O–H groups in total. The van der Waals surface area contributed by atoms with E-state index in [-0.39, 0.29) is 11.6 Å². The Hall–Kier alpha value is -2.95. The molecule has 128 valence electrons. The number of aromatic nitrogens is 2. The minimum atomic E-state index is -0.427. The summed E-state index contributed by atoms with van der Waals surface area (Å²) in [5, 5.41) is 24.4. The van der Waals surface area contributed by atoms with Crippen LogP contribution in [-0.4, -0.2) is 28.2 Å². The van der Waals surface area contributed by atoms with Crippen LogP contribution < -0.4 is 4.90 Å². The summed E-state index contributed by atoms with van der Waals surface area (Å²) >= 11 is 0. The first-order valence-corrected chi connectivity index (χ1v) is 8.42. The summed E-state index contributed by atoms with van der Waals surface area (Å²) in [5.74, 6) is 2.18. The Balaban J connectivity index is 1.48. The molecule has 0 atom stereocenters. The lowest BCUT2D eigenvalue weighted by atomic mass is 9.95. The molecule has 2 aliphatic rings. The maximum Gasteiger partial charge on any atom is 0.293 e. The van der Waals surface area contributed by atoms with Gasteiger partial charge in [0.2, 0.25) is 5.89 Å². The third-order valence-electron chi connectivity index (χ3n) is 4.89. The van der Waals surface area contributed by atoms with Crippen LogP contribution in [0, 0.1) is 21.4 Å². The second-order valence-corrected chi connectivity index (χ2v) is 6.60. The van der Waals surface area contributed by atoms with Gasteiger partial charge in [0.25, 0.3) is 5.69 Å². The Kier molecular flexibility index (Phi) is 3.84. The van der Waals surface area contributed by atoms with Crippen LogP contribution in [0.15, 0.2) is 22.7 Å². The average molecular weight is 339 g/mol. The van der Waals surface area contributed by atoms with E-state index in [1.165, 1.54) is 6.07 Å². The molecule has 1 saturated carbocycles. The maximum atomic E-state index is 11.3. The zero-order chi connectivity index (χ0) is 17.4. The van der Waals surface area contributed by atoms with Crippen LogP contribution in [-0.2, 0) is 0 Å². The number of benzene rings is 1. The highest BCUT2D eigenvalue weighted by Crippen LogP contribution is 2.40. The molecule has 0 unspecified atom stereocenters. The van der Waals surface area contributed by atoms with Gasteiger partial charge in [-0.15, -0.1) is 0 Å². The highest BCUT2D eigenvalue weighted by molar-refractivity contribution is 5.65. The first-order valence-electron chi connectivity index (χ1n) is 8.42. The van der Waals surface area contributed by atoms with E-state index in [4.69, 9.17) is 9.78 Å². The number of hydrogen-bond donors (Lipinski definition) is 0.